The number of aryl methyl sites for hydroxylation is 2. The molecular formula is C10H18N4. The maximum atomic E-state index is 4.26. The first-order valence-corrected chi connectivity index (χ1v) is 4.79. The van der Waals surface area contributed by atoms with Gasteiger partial charge in [0.1, 0.15) is 11.7 Å². The molecule has 0 aromatic carbocycles. The zero-order chi connectivity index (χ0) is 10.7. The molecule has 0 amide bonds. The highest BCUT2D eigenvalue weighted by atomic mass is 15.3. The van der Waals surface area contributed by atoms with Crippen LogP contribution >= 0.6 is 0 Å². The standard InChI is InChI=1S/C10H18N4/c1-7(2)10(11-4)12-9-6-8(3)13-14(9)5/h6-7H,1-5H3,(H,11,12). The first-order chi connectivity index (χ1) is 6.54. The Hall–Kier alpha value is -1.32. The van der Waals surface area contributed by atoms with E-state index >= 15 is 0 Å². The fourth-order valence-corrected chi connectivity index (χ4v) is 1.32. The molecule has 0 saturated carbocycles. The molecule has 78 valence electrons. The van der Waals surface area contributed by atoms with Gasteiger partial charge in [0.25, 0.3) is 0 Å². The molecule has 1 heterocycles. The summed E-state index contributed by atoms with van der Waals surface area (Å²) in [6, 6.07) is 2.01. The fraction of sp³-hybridized carbons (Fsp3) is 0.600. The predicted molar refractivity (Wildman–Crippen MR) is 59.8 cm³/mol. The molecule has 4 nitrogen and oxygen atoms in total. The molecule has 0 aliphatic carbocycles. The minimum atomic E-state index is 0.398. The normalized spacial score (nSPS) is 12.3. The average Bonchev–Trinajstić information content (AvgIpc) is 2.40. The van der Waals surface area contributed by atoms with Crippen LogP contribution in [0.25, 0.3) is 0 Å². The Balaban J connectivity index is 2.82. The van der Waals surface area contributed by atoms with E-state index in [1.165, 1.54) is 0 Å². The Morgan fingerprint density at radius 2 is 2.21 bits per heavy atom. The molecule has 0 aliphatic rings. The lowest BCUT2D eigenvalue weighted by atomic mass is 10.2. The van der Waals surface area contributed by atoms with E-state index in [0.717, 1.165) is 17.3 Å². The van der Waals surface area contributed by atoms with Gasteiger partial charge in [-0.25, -0.2) is 0 Å². The maximum Gasteiger partial charge on any atom is 0.129 e. The van der Waals surface area contributed by atoms with Crippen LogP contribution in [0.1, 0.15) is 19.5 Å². The van der Waals surface area contributed by atoms with E-state index < -0.39 is 0 Å². The van der Waals surface area contributed by atoms with E-state index in [9.17, 15) is 0 Å². The summed E-state index contributed by atoms with van der Waals surface area (Å²) in [6.07, 6.45) is 0. The second kappa shape index (κ2) is 4.26. The van der Waals surface area contributed by atoms with Crippen LogP contribution in [-0.4, -0.2) is 22.7 Å². The molecule has 0 saturated heterocycles. The lowest BCUT2D eigenvalue weighted by molar-refractivity contribution is 0.763. The molecule has 1 aromatic heterocycles. The van der Waals surface area contributed by atoms with Crippen LogP contribution in [-0.2, 0) is 7.05 Å². The Kier molecular flexibility index (Phi) is 3.28. The third kappa shape index (κ3) is 2.34. The van der Waals surface area contributed by atoms with Gasteiger partial charge in [0.05, 0.1) is 5.69 Å². The van der Waals surface area contributed by atoms with Crippen LogP contribution in [0, 0.1) is 12.8 Å². The SMILES string of the molecule is CN=C(Nc1cc(C)nn1C)C(C)C. The van der Waals surface area contributed by atoms with Gasteiger partial charge in [-0.3, -0.25) is 9.67 Å². The first-order valence-electron chi connectivity index (χ1n) is 4.79. The number of aliphatic imine (C=N–C) groups is 1. The minimum absolute atomic E-state index is 0.398. The van der Waals surface area contributed by atoms with Gasteiger partial charge < -0.3 is 5.32 Å². The fourth-order valence-electron chi connectivity index (χ4n) is 1.32. The van der Waals surface area contributed by atoms with Gasteiger partial charge in [0.15, 0.2) is 0 Å². The van der Waals surface area contributed by atoms with Crippen molar-refractivity contribution in [3.8, 4) is 0 Å². The van der Waals surface area contributed by atoms with Gasteiger partial charge in [0.2, 0.25) is 0 Å². The van der Waals surface area contributed by atoms with Crippen molar-refractivity contribution in [1.82, 2.24) is 9.78 Å². The van der Waals surface area contributed by atoms with Crippen molar-refractivity contribution in [2.24, 2.45) is 18.0 Å². The Labute approximate surface area is 85.0 Å². The average molecular weight is 194 g/mol. The monoisotopic (exact) mass is 194 g/mol. The minimum Gasteiger partial charge on any atom is -0.329 e. The van der Waals surface area contributed by atoms with Crippen LogP contribution in [0.2, 0.25) is 0 Å². The zero-order valence-electron chi connectivity index (χ0n) is 9.50. The lowest BCUT2D eigenvalue weighted by Crippen LogP contribution is -2.20. The van der Waals surface area contributed by atoms with E-state index in [1.54, 1.807) is 7.05 Å². The molecule has 1 aromatic rings. The largest absolute Gasteiger partial charge is 0.329 e. The highest BCUT2D eigenvalue weighted by Gasteiger charge is 2.07. The number of hydrogen-bond donors (Lipinski definition) is 1. The molecular weight excluding hydrogens is 176 g/mol. The Bertz CT molecular complexity index is 336. The highest BCUT2D eigenvalue weighted by molar-refractivity contribution is 5.96. The van der Waals surface area contributed by atoms with Crippen LogP contribution < -0.4 is 5.32 Å². The summed E-state index contributed by atoms with van der Waals surface area (Å²) in [6.45, 7) is 6.19. The molecule has 0 spiro atoms. The van der Waals surface area contributed by atoms with Crippen LogP contribution in [0.15, 0.2) is 11.1 Å². The molecule has 0 fully saturated rings. The molecule has 1 rings (SSSR count). The second-order valence-electron chi connectivity index (χ2n) is 3.68. The van der Waals surface area contributed by atoms with Crippen LogP contribution in [0.3, 0.4) is 0 Å². The van der Waals surface area contributed by atoms with Crippen molar-refractivity contribution >= 4 is 11.7 Å². The Morgan fingerprint density at radius 1 is 1.57 bits per heavy atom. The second-order valence-corrected chi connectivity index (χ2v) is 3.68. The van der Waals surface area contributed by atoms with Gasteiger partial charge in [-0.1, -0.05) is 13.8 Å². The maximum absolute atomic E-state index is 4.26. The highest BCUT2D eigenvalue weighted by Crippen LogP contribution is 2.10. The van der Waals surface area contributed by atoms with Gasteiger partial charge in [0, 0.05) is 26.1 Å². The van der Waals surface area contributed by atoms with Crippen molar-refractivity contribution in [2.75, 3.05) is 12.4 Å². The van der Waals surface area contributed by atoms with Crippen molar-refractivity contribution in [3.05, 3.63) is 11.8 Å². The number of rotatable bonds is 2. The number of anilines is 1. The van der Waals surface area contributed by atoms with Crippen LogP contribution in [0.4, 0.5) is 5.82 Å². The van der Waals surface area contributed by atoms with Crippen LogP contribution in [0.5, 0.6) is 0 Å². The Morgan fingerprint density at radius 3 is 2.57 bits per heavy atom. The van der Waals surface area contributed by atoms with E-state index in [2.05, 4.69) is 29.3 Å². The number of nitrogens with one attached hydrogen (secondary N) is 1. The third-order valence-electron chi connectivity index (χ3n) is 2.05. The van der Waals surface area contributed by atoms with Crippen molar-refractivity contribution in [3.63, 3.8) is 0 Å². The smallest absolute Gasteiger partial charge is 0.129 e. The van der Waals surface area contributed by atoms with E-state index in [0.29, 0.717) is 5.92 Å². The van der Waals surface area contributed by atoms with E-state index in [1.807, 2.05) is 24.7 Å². The van der Waals surface area contributed by atoms with E-state index in [-0.39, 0.29) is 0 Å². The summed E-state index contributed by atoms with van der Waals surface area (Å²) >= 11 is 0. The predicted octanol–water partition coefficient (Wildman–Crippen LogP) is 1.82. The summed E-state index contributed by atoms with van der Waals surface area (Å²) in [5.74, 6) is 2.36. The summed E-state index contributed by atoms with van der Waals surface area (Å²) in [7, 11) is 3.72. The number of nitrogens with zero attached hydrogens (tertiary/aromatic N) is 3. The topological polar surface area (TPSA) is 42.2 Å². The summed E-state index contributed by atoms with van der Waals surface area (Å²) in [5.41, 5.74) is 1.01. The van der Waals surface area contributed by atoms with Crippen molar-refractivity contribution in [2.45, 2.75) is 20.8 Å². The quantitative estimate of drug-likeness (QED) is 0.576. The number of amidine groups is 1. The zero-order valence-corrected chi connectivity index (χ0v) is 9.50. The molecule has 0 atom stereocenters. The van der Waals surface area contributed by atoms with Gasteiger partial charge in [-0.05, 0) is 6.92 Å². The van der Waals surface area contributed by atoms with Crippen molar-refractivity contribution in [1.29, 1.82) is 0 Å². The summed E-state index contributed by atoms with van der Waals surface area (Å²) < 4.78 is 1.82. The molecule has 14 heavy (non-hydrogen) atoms. The molecule has 4 heteroatoms. The molecule has 1 N–H and O–H groups in total. The molecule has 0 bridgehead atoms. The number of aromatic nitrogens is 2. The van der Waals surface area contributed by atoms with Gasteiger partial charge >= 0.3 is 0 Å². The third-order valence-corrected chi connectivity index (χ3v) is 2.05. The lowest BCUT2D eigenvalue weighted by Gasteiger charge is -2.11. The summed E-state index contributed by atoms with van der Waals surface area (Å²) in [5, 5.41) is 7.52. The molecule has 0 unspecified atom stereocenters. The first kappa shape index (κ1) is 10.8. The van der Waals surface area contributed by atoms with Gasteiger partial charge in [-0.15, -0.1) is 0 Å². The van der Waals surface area contributed by atoms with Gasteiger partial charge in [-0.2, -0.15) is 5.10 Å². The molecule has 0 aliphatic heterocycles. The summed E-state index contributed by atoms with van der Waals surface area (Å²) in [4.78, 5) is 4.20. The van der Waals surface area contributed by atoms with Crippen molar-refractivity contribution < 1.29 is 0 Å². The number of hydrogen-bond acceptors (Lipinski definition) is 2. The molecule has 0 radical (unpaired) electrons. The van der Waals surface area contributed by atoms with E-state index in [4.69, 9.17) is 0 Å².